The van der Waals surface area contributed by atoms with Crippen molar-refractivity contribution in [2.24, 2.45) is 0 Å². The Morgan fingerprint density at radius 1 is 1.24 bits per heavy atom. The molecule has 0 saturated carbocycles. The smallest absolute Gasteiger partial charge is 0.312 e. The Hall–Kier alpha value is -0.730. The molecule has 8 heteroatoms. The first-order valence-electron chi connectivity index (χ1n) is 6.50. The second kappa shape index (κ2) is 7.02. The van der Waals surface area contributed by atoms with Gasteiger partial charge in [-0.05, 0) is 44.3 Å². The van der Waals surface area contributed by atoms with Crippen LogP contribution in [0.1, 0.15) is 23.7 Å². The maximum absolute atomic E-state index is 12.2. The van der Waals surface area contributed by atoms with Crippen LogP contribution in [0.3, 0.4) is 0 Å². The van der Waals surface area contributed by atoms with Crippen molar-refractivity contribution >= 4 is 60.8 Å². The number of hydrogen-bond acceptors (Lipinski definition) is 4. The largest absolute Gasteiger partial charge is 0.333 e. The lowest BCUT2D eigenvalue weighted by Crippen LogP contribution is -2.55. The van der Waals surface area contributed by atoms with Gasteiger partial charge < -0.3 is 9.80 Å². The summed E-state index contributed by atoms with van der Waals surface area (Å²) < 4.78 is 1.57. The number of amides is 2. The fourth-order valence-electron chi connectivity index (χ4n) is 2.14. The summed E-state index contributed by atoms with van der Waals surface area (Å²) in [6.07, 6.45) is 0.813. The second-order valence-electron chi connectivity index (χ2n) is 4.68. The van der Waals surface area contributed by atoms with Crippen LogP contribution in [0.4, 0.5) is 0 Å². The van der Waals surface area contributed by atoms with Crippen LogP contribution < -0.4 is 0 Å². The fraction of sp³-hybridized carbons (Fsp3) is 0.462. The van der Waals surface area contributed by atoms with E-state index in [1.54, 1.807) is 11.0 Å². The zero-order valence-electron chi connectivity index (χ0n) is 11.4. The summed E-state index contributed by atoms with van der Waals surface area (Å²) in [6.45, 7) is 3.36. The molecule has 0 unspecified atom stereocenters. The molecule has 1 aliphatic rings. The van der Waals surface area contributed by atoms with E-state index >= 15 is 0 Å². The molecule has 2 rings (SSSR count). The van der Waals surface area contributed by atoms with Crippen LogP contribution in [0.25, 0.3) is 0 Å². The number of nitrogens with zero attached hydrogens (tertiary/aromatic N) is 2. The van der Waals surface area contributed by atoms with Gasteiger partial charge >= 0.3 is 11.8 Å². The zero-order valence-corrected chi connectivity index (χ0v) is 15.4. The molecule has 0 aliphatic carbocycles. The Balaban J connectivity index is 2.04. The monoisotopic (exact) mass is 436 g/mol. The summed E-state index contributed by atoms with van der Waals surface area (Å²) >= 11 is 8.05. The average Bonchev–Trinajstić information content (AvgIpc) is 2.77. The number of thiophene rings is 1. The molecule has 0 aromatic carbocycles. The number of Topliss-reactive ketones (excluding diaryl/α,β-unsaturated/α-hetero) is 1. The highest BCUT2D eigenvalue weighted by Gasteiger charge is 2.33. The molecule has 2 amide bonds. The molecule has 1 aromatic heterocycles. The number of rotatable bonds is 5. The Labute approximate surface area is 143 Å². The highest BCUT2D eigenvalue weighted by molar-refractivity contribution is 9.12. The molecule has 1 fully saturated rings. The first kappa shape index (κ1) is 16.6. The summed E-state index contributed by atoms with van der Waals surface area (Å²) in [6, 6.07) is 1.72. The topological polar surface area (TPSA) is 57.7 Å². The van der Waals surface area contributed by atoms with Gasteiger partial charge in [-0.1, -0.05) is 6.92 Å². The van der Waals surface area contributed by atoms with Crippen LogP contribution in [-0.4, -0.2) is 53.6 Å². The number of carbonyl (C=O) groups excluding carboxylic acids is 3. The van der Waals surface area contributed by atoms with Crippen LogP contribution in [0.2, 0.25) is 0 Å². The van der Waals surface area contributed by atoms with Crippen molar-refractivity contribution in [3.05, 3.63) is 19.2 Å². The van der Waals surface area contributed by atoms with Crippen molar-refractivity contribution in [1.29, 1.82) is 0 Å². The molecule has 0 radical (unpaired) electrons. The summed E-state index contributed by atoms with van der Waals surface area (Å²) in [5.41, 5.74) is 0.531. The molecular weight excluding hydrogens is 424 g/mol. The summed E-state index contributed by atoms with van der Waals surface area (Å²) in [5.74, 6) is -1.27. The molecule has 1 saturated heterocycles. The number of halogens is 2. The van der Waals surface area contributed by atoms with Gasteiger partial charge in [-0.25, -0.2) is 0 Å². The first-order valence-corrected chi connectivity index (χ1v) is 8.90. The highest BCUT2D eigenvalue weighted by atomic mass is 79.9. The molecule has 0 spiro atoms. The van der Waals surface area contributed by atoms with Crippen LogP contribution in [0, 0.1) is 0 Å². The molecule has 5 nitrogen and oxygen atoms in total. The maximum Gasteiger partial charge on any atom is 0.312 e. The summed E-state index contributed by atoms with van der Waals surface area (Å²) in [7, 11) is 0. The predicted molar refractivity (Wildman–Crippen MR) is 87.5 cm³/mol. The van der Waals surface area contributed by atoms with Gasteiger partial charge in [-0.3, -0.25) is 14.4 Å². The normalized spacial score (nSPS) is 15.8. The van der Waals surface area contributed by atoms with E-state index in [0.29, 0.717) is 25.2 Å². The minimum atomic E-state index is -0.589. The minimum absolute atomic E-state index is 0.0632. The van der Waals surface area contributed by atoms with Crippen molar-refractivity contribution in [1.82, 2.24) is 9.80 Å². The first-order chi connectivity index (χ1) is 9.93. The van der Waals surface area contributed by atoms with Crippen molar-refractivity contribution in [2.45, 2.75) is 13.3 Å². The van der Waals surface area contributed by atoms with E-state index in [2.05, 4.69) is 31.9 Å². The Morgan fingerprint density at radius 2 is 1.86 bits per heavy atom. The number of piperazine rings is 1. The molecule has 21 heavy (non-hydrogen) atoms. The lowest BCUT2D eigenvalue weighted by atomic mass is 10.2. The number of hydrogen-bond donors (Lipinski definition) is 0. The van der Waals surface area contributed by atoms with Gasteiger partial charge in [0.2, 0.25) is 0 Å². The molecule has 0 bridgehead atoms. The zero-order chi connectivity index (χ0) is 15.6. The summed E-state index contributed by atoms with van der Waals surface area (Å²) in [5, 5.41) is 0. The van der Waals surface area contributed by atoms with Gasteiger partial charge in [0.05, 0.1) is 14.1 Å². The third-order valence-electron chi connectivity index (χ3n) is 3.18. The lowest BCUT2D eigenvalue weighted by Gasteiger charge is -2.33. The third kappa shape index (κ3) is 3.73. The number of ketones is 1. The van der Waals surface area contributed by atoms with Crippen molar-refractivity contribution in [3.8, 4) is 0 Å². The van der Waals surface area contributed by atoms with Crippen LogP contribution in [-0.2, 0) is 9.59 Å². The van der Waals surface area contributed by atoms with E-state index in [1.807, 2.05) is 6.92 Å². The Bertz CT molecular complexity index is 588. The van der Waals surface area contributed by atoms with E-state index in [4.69, 9.17) is 0 Å². The minimum Gasteiger partial charge on any atom is -0.333 e. The van der Waals surface area contributed by atoms with Crippen molar-refractivity contribution in [3.63, 3.8) is 0 Å². The van der Waals surface area contributed by atoms with Crippen LogP contribution in [0.15, 0.2) is 13.6 Å². The van der Waals surface area contributed by atoms with E-state index in [9.17, 15) is 14.4 Å². The predicted octanol–water partition coefficient (Wildman–Crippen LogP) is 2.54. The summed E-state index contributed by atoms with van der Waals surface area (Å²) in [4.78, 5) is 39.1. The molecule has 2 heterocycles. The van der Waals surface area contributed by atoms with E-state index in [-0.39, 0.29) is 12.3 Å². The number of carbonyl (C=O) groups is 3. The Kier molecular flexibility index (Phi) is 5.56. The maximum atomic E-state index is 12.2. The molecule has 1 aromatic rings. The fourth-order valence-corrected chi connectivity index (χ4v) is 4.99. The van der Waals surface area contributed by atoms with E-state index in [0.717, 1.165) is 14.0 Å². The van der Waals surface area contributed by atoms with Crippen molar-refractivity contribution in [2.75, 3.05) is 26.2 Å². The highest BCUT2D eigenvalue weighted by Crippen LogP contribution is 2.32. The SMILES string of the molecule is CCCN1CCN(CC(=O)c2cc(Br)sc2Br)C(=O)C1=O. The second-order valence-corrected chi connectivity index (χ2v) is 8.43. The van der Waals surface area contributed by atoms with Crippen molar-refractivity contribution < 1.29 is 14.4 Å². The van der Waals surface area contributed by atoms with Gasteiger partial charge in [0.1, 0.15) is 0 Å². The molecule has 1 aliphatic heterocycles. The van der Waals surface area contributed by atoms with Gasteiger partial charge in [-0.15, -0.1) is 11.3 Å². The molecule has 0 N–H and O–H groups in total. The standard InChI is InChI=1S/C13H14Br2N2O3S/c1-2-3-16-4-5-17(13(20)12(16)19)7-9(18)8-6-10(14)21-11(8)15/h6H,2-5,7H2,1H3. The molecular formula is C13H14Br2N2O3S. The van der Waals surface area contributed by atoms with Gasteiger partial charge in [-0.2, -0.15) is 0 Å². The molecule has 114 valence electrons. The van der Waals surface area contributed by atoms with Crippen LogP contribution >= 0.6 is 43.2 Å². The third-order valence-corrected chi connectivity index (χ3v) is 5.52. The average molecular weight is 438 g/mol. The van der Waals surface area contributed by atoms with Gasteiger partial charge in [0.25, 0.3) is 0 Å². The van der Waals surface area contributed by atoms with E-state index < -0.39 is 11.8 Å². The van der Waals surface area contributed by atoms with Gasteiger partial charge in [0, 0.05) is 25.2 Å². The van der Waals surface area contributed by atoms with E-state index in [1.165, 1.54) is 16.2 Å². The van der Waals surface area contributed by atoms with Crippen LogP contribution in [0.5, 0.6) is 0 Å². The molecule has 0 atom stereocenters. The lowest BCUT2D eigenvalue weighted by molar-refractivity contribution is -0.155. The Morgan fingerprint density at radius 3 is 2.43 bits per heavy atom. The van der Waals surface area contributed by atoms with Gasteiger partial charge in [0.15, 0.2) is 5.78 Å². The quantitative estimate of drug-likeness (QED) is 0.525.